The Morgan fingerprint density at radius 2 is 1.60 bits per heavy atom. The van der Waals surface area contributed by atoms with Gasteiger partial charge in [-0.3, -0.25) is 19.7 Å². The standard InChI is InChI=1S/C18H17N3O4/c22-16-12-20(10-13-4-2-1-3-5-13)18(24)21(16)11-14-6-8-15(9-7-14)17(23)19-25/h1-9,25H,10-12H2,(H,19,23). The van der Waals surface area contributed by atoms with E-state index < -0.39 is 5.91 Å². The summed E-state index contributed by atoms with van der Waals surface area (Å²) < 4.78 is 0. The molecular weight excluding hydrogens is 322 g/mol. The molecule has 2 aromatic carbocycles. The number of nitrogens with zero attached hydrogens (tertiary/aromatic N) is 2. The van der Waals surface area contributed by atoms with Gasteiger partial charge in [-0.25, -0.2) is 10.3 Å². The van der Waals surface area contributed by atoms with Crippen molar-refractivity contribution in [2.45, 2.75) is 13.1 Å². The Hall–Kier alpha value is -3.19. The molecule has 25 heavy (non-hydrogen) atoms. The molecule has 128 valence electrons. The molecule has 4 amide bonds. The number of benzene rings is 2. The number of amides is 4. The summed E-state index contributed by atoms with van der Waals surface area (Å²) in [6, 6.07) is 15.5. The minimum Gasteiger partial charge on any atom is -0.311 e. The minimum atomic E-state index is -0.617. The van der Waals surface area contributed by atoms with E-state index in [-0.39, 0.29) is 30.6 Å². The fourth-order valence-corrected chi connectivity index (χ4v) is 2.69. The largest absolute Gasteiger partial charge is 0.327 e. The molecule has 0 saturated carbocycles. The SMILES string of the molecule is O=C(NO)c1ccc(CN2C(=O)CN(Cc3ccccc3)C2=O)cc1. The van der Waals surface area contributed by atoms with Crippen LogP contribution in [-0.4, -0.2) is 39.4 Å². The zero-order chi connectivity index (χ0) is 17.8. The highest BCUT2D eigenvalue weighted by Gasteiger charge is 2.35. The molecule has 0 spiro atoms. The second-order valence-corrected chi connectivity index (χ2v) is 5.74. The fourth-order valence-electron chi connectivity index (χ4n) is 2.69. The molecule has 1 fully saturated rings. The Morgan fingerprint density at radius 1 is 0.960 bits per heavy atom. The molecule has 2 N–H and O–H groups in total. The second-order valence-electron chi connectivity index (χ2n) is 5.74. The maximum Gasteiger partial charge on any atom is 0.327 e. The number of carbonyl (C=O) groups is 3. The average molecular weight is 339 g/mol. The maximum absolute atomic E-state index is 12.5. The number of hydrogen-bond donors (Lipinski definition) is 2. The van der Waals surface area contributed by atoms with Crippen molar-refractivity contribution in [3.8, 4) is 0 Å². The number of carbonyl (C=O) groups excluding carboxylic acids is 3. The molecule has 3 rings (SSSR count). The van der Waals surface area contributed by atoms with Gasteiger partial charge in [-0.1, -0.05) is 42.5 Å². The molecule has 0 unspecified atom stereocenters. The third-order valence-electron chi connectivity index (χ3n) is 4.00. The van der Waals surface area contributed by atoms with E-state index in [1.807, 2.05) is 30.3 Å². The zero-order valence-corrected chi connectivity index (χ0v) is 13.4. The number of urea groups is 1. The van der Waals surface area contributed by atoms with E-state index in [0.29, 0.717) is 6.54 Å². The molecule has 0 atom stereocenters. The lowest BCUT2D eigenvalue weighted by atomic mass is 10.1. The van der Waals surface area contributed by atoms with Gasteiger partial charge in [-0.05, 0) is 23.3 Å². The van der Waals surface area contributed by atoms with Gasteiger partial charge in [0.25, 0.3) is 11.8 Å². The predicted octanol–water partition coefficient (Wildman–Crippen LogP) is 1.77. The highest BCUT2D eigenvalue weighted by molar-refractivity contribution is 6.01. The van der Waals surface area contributed by atoms with Gasteiger partial charge in [0, 0.05) is 12.1 Å². The zero-order valence-electron chi connectivity index (χ0n) is 13.4. The fraction of sp³-hybridized carbons (Fsp3) is 0.167. The van der Waals surface area contributed by atoms with Crippen molar-refractivity contribution >= 4 is 17.8 Å². The van der Waals surface area contributed by atoms with Crippen molar-refractivity contribution in [1.29, 1.82) is 0 Å². The van der Waals surface area contributed by atoms with Gasteiger partial charge in [0.15, 0.2) is 0 Å². The predicted molar refractivity (Wildman–Crippen MR) is 88.5 cm³/mol. The summed E-state index contributed by atoms with van der Waals surface area (Å²) >= 11 is 0. The first-order chi connectivity index (χ1) is 12.1. The number of rotatable bonds is 5. The summed E-state index contributed by atoms with van der Waals surface area (Å²) in [7, 11) is 0. The van der Waals surface area contributed by atoms with Crippen LogP contribution in [0.4, 0.5) is 4.79 Å². The van der Waals surface area contributed by atoms with E-state index in [4.69, 9.17) is 5.21 Å². The molecule has 2 aromatic rings. The minimum absolute atomic E-state index is 0.0543. The lowest BCUT2D eigenvalue weighted by Crippen LogP contribution is -2.32. The van der Waals surface area contributed by atoms with E-state index >= 15 is 0 Å². The van der Waals surface area contributed by atoms with Crippen LogP contribution in [-0.2, 0) is 17.9 Å². The number of imide groups is 1. The molecule has 7 nitrogen and oxygen atoms in total. The number of nitrogens with one attached hydrogen (secondary N) is 1. The van der Waals surface area contributed by atoms with Gasteiger partial charge < -0.3 is 4.90 Å². The van der Waals surface area contributed by atoms with E-state index in [2.05, 4.69) is 0 Å². The van der Waals surface area contributed by atoms with Crippen LogP contribution in [0, 0.1) is 0 Å². The maximum atomic E-state index is 12.5. The molecule has 1 aliphatic heterocycles. The van der Waals surface area contributed by atoms with Crippen LogP contribution in [0.5, 0.6) is 0 Å². The molecule has 0 aliphatic carbocycles. The topological polar surface area (TPSA) is 89.9 Å². The van der Waals surface area contributed by atoms with Gasteiger partial charge in [0.1, 0.15) is 6.54 Å². The lowest BCUT2D eigenvalue weighted by molar-refractivity contribution is -0.125. The van der Waals surface area contributed by atoms with Gasteiger partial charge in [-0.2, -0.15) is 0 Å². The third kappa shape index (κ3) is 3.67. The first kappa shape index (κ1) is 16.7. The van der Waals surface area contributed by atoms with Crippen molar-refractivity contribution in [2.75, 3.05) is 6.54 Å². The Balaban J connectivity index is 1.67. The van der Waals surface area contributed by atoms with Crippen LogP contribution in [0.25, 0.3) is 0 Å². The summed E-state index contributed by atoms with van der Waals surface area (Å²) in [5, 5.41) is 8.60. The van der Waals surface area contributed by atoms with E-state index in [1.54, 1.807) is 17.6 Å². The Kier molecular flexibility index (Phi) is 4.76. The molecule has 1 saturated heterocycles. The van der Waals surface area contributed by atoms with Crippen LogP contribution in [0.3, 0.4) is 0 Å². The summed E-state index contributed by atoms with van der Waals surface area (Å²) in [5.41, 5.74) is 3.52. The lowest BCUT2D eigenvalue weighted by Gasteiger charge is -2.17. The van der Waals surface area contributed by atoms with Gasteiger partial charge >= 0.3 is 6.03 Å². The molecule has 0 bridgehead atoms. The van der Waals surface area contributed by atoms with Gasteiger partial charge in [0.05, 0.1) is 6.54 Å². The average Bonchev–Trinajstić information content (AvgIpc) is 2.90. The molecular formula is C18H17N3O4. The molecule has 1 heterocycles. The number of hydrogen-bond acceptors (Lipinski definition) is 4. The van der Waals surface area contributed by atoms with Crippen molar-refractivity contribution in [3.05, 3.63) is 71.3 Å². The van der Waals surface area contributed by atoms with Crippen molar-refractivity contribution in [3.63, 3.8) is 0 Å². The molecule has 1 aliphatic rings. The first-order valence-corrected chi connectivity index (χ1v) is 7.75. The van der Waals surface area contributed by atoms with E-state index in [9.17, 15) is 14.4 Å². The van der Waals surface area contributed by atoms with Crippen LogP contribution >= 0.6 is 0 Å². The van der Waals surface area contributed by atoms with Gasteiger partial charge in [-0.15, -0.1) is 0 Å². The van der Waals surface area contributed by atoms with Gasteiger partial charge in [0.2, 0.25) is 0 Å². The Labute approximate surface area is 144 Å². The second kappa shape index (κ2) is 7.14. The van der Waals surface area contributed by atoms with E-state index in [0.717, 1.165) is 11.1 Å². The first-order valence-electron chi connectivity index (χ1n) is 7.75. The summed E-state index contributed by atoms with van der Waals surface area (Å²) in [4.78, 5) is 38.7. The summed E-state index contributed by atoms with van der Waals surface area (Å²) in [6.07, 6.45) is 0. The molecule has 0 radical (unpaired) electrons. The highest BCUT2D eigenvalue weighted by atomic mass is 16.5. The van der Waals surface area contributed by atoms with Crippen molar-refractivity contribution in [1.82, 2.24) is 15.3 Å². The van der Waals surface area contributed by atoms with E-state index in [1.165, 1.54) is 21.9 Å². The molecule has 7 heteroatoms. The van der Waals surface area contributed by atoms with Crippen LogP contribution in [0.15, 0.2) is 54.6 Å². The normalized spacial score (nSPS) is 14.1. The smallest absolute Gasteiger partial charge is 0.311 e. The summed E-state index contributed by atoms with van der Waals surface area (Å²) in [6.45, 7) is 0.584. The quantitative estimate of drug-likeness (QED) is 0.493. The Morgan fingerprint density at radius 3 is 2.24 bits per heavy atom. The van der Waals surface area contributed by atoms with Crippen LogP contribution in [0.2, 0.25) is 0 Å². The monoisotopic (exact) mass is 339 g/mol. The summed E-state index contributed by atoms with van der Waals surface area (Å²) in [5.74, 6) is -0.868. The Bertz CT molecular complexity index is 790. The van der Waals surface area contributed by atoms with Crippen molar-refractivity contribution < 1.29 is 19.6 Å². The molecule has 0 aromatic heterocycles. The van der Waals surface area contributed by atoms with Crippen molar-refractivity contribution in [2.24, 2.45) is 0 Å². The highest BCUT2D eigenvalue weighted by Crippen LogP contribution is 2.17. The van der Waals surface area contributed by atoms with Crippen LogP contribution < -0.4 is 5.48 Å². The third-order valence-corrected chi connectivity index (χ3v) is 4.00. The number of hydroxylamine groups is 1. The van der Waals surface area contributed by atoms with Crippen LogP contribution in [0.1, 0.15) is 21.5 Å².